The number of hydrogen-bond donors (Lipinski definition) is 1. The van der Waals surface area contributed by atoms with Gasteiger partial charge < -0.3 is 14.9 Å². The molecular weight excluding hydrogens is 362 g/mol. The first kappa shape index (κ1) is 19.0. The summed E-state index contributed by atoms with van der Waals surface area (Å²) in [5.41, 5.74) is 2.63. The smallest absolute Gasteiger partial charge is 0.298 e. The topological polar surface area (TPSA) is 82.1 Å². The van der Waals surface area contributed by atoms with Gasteiger partial charge in [0.25, 0.3) is 5.03 Å². The predicted molar refractivity (Wildman–Crippen MR) is 102 cm³/mol. The van der Waals surface area contributed by atoms with Gasteiger partial charge in [-0.15, -0.1) is 0 Å². The van der Waals surface area contributed by atoms with Gasteiger partial charge in [-0.3, -0.25) is 4.79 Å². The Balaban J connectivity index is 1.71. The van der Waals surface area contributed by atoms with Crippen LogP contribution in [0.3, 0.4) is 0 Å². The number of carbonyl (C=O) groups is 1. The van der Waals surface area contributed by atoms with Gasteiger partial charge in [-0.1, -0.05) is 44.2 Å². The molecule has 3 aromatic rings. The zero-order valence-corrected chi connectivity index (χ0v) is 16.2. The molecule has 0 radical (unpaired) electrons. The van der Waals surface area contributed by atoms with Crippen LogP contribution in [0.1, 0.15) is 32.3 Å². The molecule has 1 heterocycles. The molecule has 0 spiro atoms. The number of hydrogen-bond acceptors (Lipinski definition) is 5. The summed E-state index contributed by atoms with van der Waals surface area (Å²) in [5, 5.41) is 18.5. The van der Waals surface area contributed by atoms with Crippen LogP contribution in [0.25, 0.3) is 5.69 Å². The highest BCUT2D eigenvalue weighted by Gasteiger charge is 2.26. The summed E-state index contributed by atoms with van der Waals surface area (Å²) >= 11 is 1.12. The van der Waals surface area contributed by atoms with Gasteiger partial charge in [0, 0.05) is 17.8 Å². The molecule has 1 atom stereocenters. The monoisotopic (exact) mass is 383 g/mol. The molecule has 1 unspecified atom stereocenters. The van der Waals surface area contributed by atoms with Gasteiger partial charge in [0.1, 0.15) is 0 Å². The van der Waals surface area contributed by atoms with E-state index in [2.05, 4.69) is 24.4 Å². The van der Waals surface area contributed by atoms with E-state index in [0.717, 1.165) is 17.4 Å². The number of carbonyl (C=O) groups excluding carboxylic acids is 1. The maximum Gasteiger partial charge on any atom is 0.298 e. The molecular formula is C20H21N3O3S. The number of thioether (sulfide) groups is 1. The number of benzene rings is 2. The summed E-state index contributed by atoms with van der Waals surface area (Å²) < 4.78 is 6.20. The first-order valence-corrected chi connectivity index (χ1v) is 9.55. The first-order chi connectivity index (χ1) is 13.0. The van der Waals surface area contributed by atoms with Crippen molar-refractivity contribution in [3.63, 3.8) is 0 Å². The van der Waals surface area contributed by atoms with Crippen molar-refractivity contribution in [1.29, 1.82) is 0 Å². The Labute approximate surface area is 162 Å². The zero-order chi connectivity index (χ0) is 19.4. The minimum atomic E-state index is -0.565. The van der Waals surface area contributed by atoms with E-state index in [-0.39, 0.29) is 10.9 Å². The molecule has 0 fully saturated rings. The number of para-hydroxylation sites is 1. The molecule has 6 nitrogen and oxygen atoms in total. The maximum absolute atomic E-state index is 12.5. The molecule has 1 aromatic heterocycles. The van der Waals surface area contributed by atoms with E-state index in [4.69, 9.17) is 4.52 Å². The molecule has 7 heteroatoms. The normalized spacial score (nSPS) is 12.1. The lowest BCUT2D eigenvalue weighted by molar-refractivity contribution is -0.705. The SMILES string of the molecule is CC(Sc1c([O-])on[n+]1-c1ccccc1)C(=O)Nc1ccc(C(C)C)cc1. The molecule has 0 saturated carbocycles. The summed E-state index contributed by atoms with van der Waals surface area (Å²) in [6.45, 7) is 5.98. The van der Waals surface area contributed by atoms with Crippen molar-refractivity contribution >= 4 is 23.4 Å². The minimum Gasteiger partial charge on any atom is -0.538 e. The van der Waals surface area contributed by atoms with Crippen LogP contribution in [0.2, 0.25) is 0 Å². The average Bonchev–Trinajstić information content (AvgIpc) is 3.03. The number of anilines is 1. The Morgan fingerprint density at radius 1 is 1.11 bits per heavy atom. The second-order valence-electron chi connectivity index (χ2n) is 6.44. The van der Waals surface area contributed by atoms with E-state index in [1.165, 1.54) is 10.2 Å². The summed E-state index contributed by atoms with van der Waals surface area (Å²) in [6.07, 6.45) is 0. The van der Waals surface area contributed by atoms with Crippen LogP contribution in [-0.2, 0) is 4.79 Å². The third kappa shape index (κ3) is 4.49. The lowest BCUT2D eigenvalue weighted by atomic mass is 10.0. The number of amides is 1. The van der Waals surface area contributed by atoms with Crippen LogP contribution in [0, 0.1) is 0 Å². The molecule has 1 N–H and O–H groups in total. The van der Waals surface area contributed by atoms with Crippen molar-refractivity contribution in [3.8, 4) is 11.6 Å². The Kier molecular flexibility index (Phi) is 5.81. The standard InChI is InChI=1S/C20H21N3O3S/c1-13(2)15-9-11-16(12-10-15)21-18(24)14(3)27-19-20(25)26-22-23(19)17-7-5-4-6-8-17/h4-14H,1-3H3,(H-,21,22,24,25). The Hall–Kier alpha value is -2.80. The molecule has 27 heavy (non-hydrogen) atoms. The van der Waals surface area contributed by atoms with Crippen LogP contribution >= 0.6 is 11.8 Å². The van der Waals surface area contributed by atoms with Crippen molar-refractivity contribution in [2.45, 2.75) is 37.0 Å². The van der Waals surface area contributed by atoms with Crippen LogP contribution < -0.4 is 15.1 Å². The van der Waals surface area contributed by atoms with Crippen molar-refractivity contribution in [2.24, 2.45) is 0 Å². The fourth-order valence-electron chi connectivity index (χ4n) is 2.49. The van der Waals surface area contributed by atoms with Crippen LogP contribution in [-0.4, -0.2) is 16.4 Å². The van der Waals surface area contributed by atoms with E-state index in [9.17, 15) is 9.90 Å². The third-order valence-electron chi connectivity index (χ3n) is 4.08. The summed E-state index contributed by atoms with van der Waals surface area (Å²) in [5.74, 6) is -0.330. The molecule has 2 aromatic carbocycles. The van der Waals surface area contributed by atoms with Gasteiger partial charge in [-0.2, -0.15) is 0 Å². The lowest BCUT2D eigenvalue weighted by Gasteiger charge is -2.11. The lowest BCUT2D eigenvalue weighted by Crippen LogP contribution is -2.36. The quantitative estimate of drug-likeness (QED) is 0.522. The molecule has 0 bridgehead atoms. The number of nitrogens with one attached hydrogen (secondary N) is 1. The van der Waals surface area contributed by atoms with Crippen LogP contribution in [0.4, 0.5) is 5.69 Å². The maximum atomic E-state index is 12.5. The third-order valence-corrected chi connectivity index (χ3v) is 5.21. The molecule has 140 valence electrons. The van der Waals surface area contributed by atoms with Gasteiger partial charge in [-0.25, -0.2) is 0 Å². The Bertz CT molecular complexity index is 908. The van der Waals surface area contributed by atoms with E-state index >= 15 is 0 Å². The summed E-state index contributed by atoms with van der Waals surface area (Å²) in [4.78, 5) is 12.5. The Morgan fingerprint density at radius 3 is 2.41 bits per heavy atom. The fourth-order valence-corrected chi connectivity index (χ4v) is 3.36. The highest BCUT2D eigenvalue weighted by Crippen LogP contribution is 2.28. The molecule has 1 amide bonds. The predicted octanol–water partition coefficient (Wildman–Crippen LogP) is 3.27. The van der Waals surface area contributed by atoms with E-state index in [0.29, 0.717) is 11.6 Å². The zero-order valence-electron chi connectivity index (χ0n) is 15.4. The second-order valence-corrected chi connectivity index (χ2v) is 7.77. The van der Waals surface area contributed by atoms with Gasteiger partial charge >= 0.3 is 0 Å². The molecule has 0 aliphatic heterocycles. The van der Waals surface area contributed by atoms with Gasteiger partial charge in [-0.05, 0) is 47.0 Å². The highest BCUT2D eigenvalue weighted by atomic mass is 32.2. The van der Waals surface area contributed by atoms with Crippen molar-refractivity contribution < 1.29 is 19.1 Å². The van der Waals surface area contributed by atoms with Crippen molar-refractivity contribution in [2.75, 3.05) is 5.32 Å². The number of nitrogens with zero attached hydrogens (tertiary/aromatic N) is 2. The van der Waals surface area contributed by atoms with Crippen LogP contribution in [0.5, 0.6) is 5.95 Å². The fraction of sp³-hybridized carbons (Fsp3) is 0.250. The first-order valence-electron chi connectivity index (χ1n) is 8.67. The number of aromatic nitrogens is 2. The van der Waals surface area contributed by atoms with Gasteiger partial charge in [0.15, 0.2) is 5.95 Å². The van der Waals surface area contributed by atoms with Gasteiger partial charge in [0.05, 0.1) is 10.5 Å². The molecule has 0 aliphatic carbocycles. The molecule has 3 rings (SSSR count). The van der Waals surface area contributed by atoms with E-state index in [1.54, 1.807) is 6.92 Å². The largest absolute Gasteiger partial charge is 0.538 e. The second kappa shape index (κ2) is 8.26. The average molecular weight is 383 g/mol. The van der Waals surface area contributed by atoms with Crippen molar-refractivity contribution in [1.82, 2.24) is 5.27 Å². The minimum absolute atomic E-state index is 0.197. The molecule has 0 aliphatic rings. The van der Waals surface area contributed by atoms with Crippen molar-refractivity contribution in [3.05, 3.63) is 60.2 Å². The van der Waals surface area contributed by atoms with E-state index in [1.807, 2.05) is 54.6 Å². The highest BCUT2D eigenvalue weighted by molar-refractivity contribution is 8.00. The summed E-state index contributed by atoms with van der Waals surface area (Å²) in [6, 6.07) is 16.9. The van der Waals surface area contributed by atoms with Crippen LogP contribution in [0.15, 0.2) is 64.1 Å². The van der Waals surface area contributed by atoms with E-state index < -0.39 is 11.2 Å². The Morgan fingerprint density at radius 2 is 1.78 bits per heavy atom. The van der Waals surface area contributed by atoms with Gasteiger partial charge in [0.2, 0.25) is 11.6 Å². The summed E-state index contributed by atoms with van der Waals surface area (Å²) in [7, 11) is 0. The number of rotatable bonds is 6. The molecule has 0 saturated heterocycles.